The second-order valence-electron chi connectivity index (χ2n) is 5.43. The van der Waals surface area contributed by atoms with Crippen molar-refractivity contribution in [2.45, 2.75) is 39.4 Å². The molecule has 20 heavy (non-hydrogen) atoms. The van der Waals surface area contributed by atoms with Gasteiger partial charge >= 0.3 is 0 Å². The molecule has 0 bridgehead atoms. The van der Waals surface area contributed by atoms with Crippen molar-refractivity contribution < 1.29 is 14.2 Å². The van der Waals surface area contributed by atoms with E-state index >= 15 is 0 Å². The molecule has 1 aromatic carbocycles. The van der Waals surface area contributed by atoms with Gasteiger partial charge in [-0.05, 0) is 37.5 Å². The largest absolute Gasteiger partial charge is 0.389 e. The highest BCUT2D eigenvalue weighted by atomic mass is 79.9. The van der Waals surface area contributed by atoms with Crippen LogP contribution in [-0.4, -0.2) is 30.5 Å². The van der Waals surface area contributed by atoms with Crippen LogP contribution in [0.25, 0.3) is 0 Å². The summed E-state index contributed by atoms with van der Waals surface area (Å²) in [6.07, 6.45) is 0.413. The number of ether oxygens (including phenoxy) is 1. The summed E-state index contributed by atoms with van der Waals surface area (Å²) in [5.74, 6) is 0.227. The molecule has 0 aliphatic carbocycles. The van der Waals surface area contributed by atoms with Crippen LogP contribution in [0.4, 0.5) is 10.1 Å². The van der Waals surface area contributed by atoms with Gasteiger partial charge in [0.1, 0.15) is 5.82 Å². The number of halogens is 2. The molecule has 5 heteroatoms. The Kier molecular flexibility index (Phi) is 7.48. The van der Waals surface area contributed by atoms with E-state index in [4.69, 9.17) is 4.74 Å². The number of rotatable bonds is 8. The molecule has 3 nitrogen and oxygen atoms in total. The van der Waals surface area contributed by atoms with Gasteiger partial charge in [-0.3, -0.25) is 0 Å². The van der Waals surface area contributed by atoms with Crippen molar-refractivity contribution in [3.05, 3.63) is 28.5 Å². The Morgan fingerprint density at radius 1 is 1.35 bits per heavy atom. The molecular formula is C15H23BrFNO2. The lowest BCUT2D eigenvalue weighted by molar-refractivity contribution is -0.00445. The number of hydrogen-bond donors (Lipinski definition) is 2. The Labute approximate surface area is 128 Å². The average molecular weight is 348 g/mol. The summed E-state index contributed by atoms with van der Waals surface area (Å²) in [5.41, 5.74) is 0.369. The van der Waals surface area contributed by atoms with Gasteiger partial charge in [-0.2, -0.15) is 0 Å². The molecule has 1 rings (SSSR count). The molecule has 0 saturated carbocycles. The molecule has 0 radical (unpaired) electrons. The molecule has 0 spiro atoms. The third kappa shape index (κ3) is 6.68. The number of anilines is 1. The minimum atomic E-state index is -0.664. The van der Waals surface area contributed by atoms with Crippen LogP contribution in [-0.2, 0) is 4.74 Å². The zero-order chi connectivity index (χ0) is 15.1. The van der Waals surface area contributed by atoms with E-state index in [2.05, 4.69) is 35.1 Å². The maximum atomic E-state index is 13.5. The molecule has 0 aliphatic rings. The van der Waals surface area contributed by atoms with Crippen molar-refractivity contribution in [1.29, 1.82) is 0 Å². The topological polar surface area (TPSA) is 41.5 Å². The SMILES string of the molecule is CC(C)CC(C)OCC(O)CNc1cc(Br)ccc1F. The summed E-state index contributed by atoms with van der Waals surface area (Å²) < 4.78 is 19.8. The van der Waals surface area contributed by atoms with Gasteiger partial charge < -0.3 is 15.2 Å². The average Bonchev–Trinajstić information content (AvgIpc) is 2.36. The van der Waals surface area contributed by atoms with Crippen LogP contribution in [0.2, 0.25) is 0 Å². The summed E-state index contributed by atoms with van der Waals surface area (Å²) in [6.45, 7) is 6.76. The van der Waals surface area contributed by atoms with Gasteiger partial charge in [0.05, 0.1) is 24.5 Å². The van der Waals surface area contributed by atoms with E-state index in [1.54, 1.807) is 12.1 Å². The normalized spacial score (nSPS) is 14.3. The molecule has 0 heterocycles. The molecular weight excluding hydrogens is 325 g/mol. The summed E-state index contributed by atoms with van der Waals surface area (Å²) in [7, 11) is 0. The second-order valence-corrected chi connectivity index (χ2v) is 6.35. The monoisotopic (exact) mass is 347 g/mol. The van der Waals surface area contributed by atoms with Crippen molar-refractivity contribution >= 4 is 21.6 Å². The third-order valence-corrected chi connectivity index (χ3v) is 3.33. The zero-order valence-electron chi connectivity index (χ0n) is 12.2. The van der Waals surface area contributed by atoms with Gasteiger partial charge in [0, 0.05) is 11.0 Å². The molecule has 0 saturated heterocycles. The lowest BCUT2D eigenvalue weighted by atomic mass is 10.1. The number of aliphatic hydroxyl groups excluding tert-OH is 1. The number of hydrogen-bond acceptors (Lipinski definition) is 3. The molecule has 2 unspecified atom stereocenters. The molecule has 114 valence electrons. The van der Waals surface area contributed by atoms with Gasteiger partial charge in [0.2, 0.25) is 0 Å². The fraction of sp³-hybridized carbons (Fsp3) is 0.600. The highest BCUT2D eigenvalue weighted by Crippen LogP contribution is 2.19. The Balaban J connectivity index is 2.32. The Bertz CT molecular complexity index is 415. The Morgan fingerprint density at radius 3 is 2.70 bits per heavy atom. The smallest absolute Gasteiger partial charge is 0.146 e. The molecule has 1 aromatic rings. The highest BCUT2D eigenvalue weighted by molar-refractivity contribution is 9.10. The van der Waals surface area contributed by atoms with Gasteiger partial charge in [-0.1, -0.05) is 29.8 Å². The molecule has 0 amide bonds. The van der Waals surface area contributed by atoms with Crippen molar-refractivity contribution in [2.75, 3.05) is 18.5 Å². The fourth-order valence-electron chi connectivity index (χ4n) is 1.93. The van der Waals surface area contributed by atoms with E-state index in [0.29, 0.717) is 11.6 Å². The summed E-state index contributed by atoms with van der Waals surface area (Å²) in [4.78, 5) is 0. The van der Waals surface area contributed by atoms with E-state index in [1.807, 2.05) is 6.92 Å². The molecule has 0 aliphatic heterocycles. The highest BCUT2D eigenvalue weighted by Gasteiger charge is 2.10. The number of aliphatic hydroxyl groups is 1. The van der Waals surface area contributed by atoms with Gasteiger partial charge in [-0.25, -0.2) is 4.39 Å². The first-order chi connectivity index (χ1) is 9.38. The van der Waals surface area contributed by atoms with Gasteiger partial charge in [-0.15, -0.1) is 0 Å². The maximum Gasteiger partial charge on any atom is 0.146 e. The van der Waals surface area contributed by atoms with Crippen molar-refractivity contribution in [2.24, 2.45) is 5.92 Å². The Hall–Kier alpha value is -0.650. The predicted octanol–water partition coefficient (Wildman–Crippen LogP) is 3.81. The van der Waals surface area contributed by atoms with Crippen LogP contribution >= 0.6 is 15.9 Å². The van der Waals surface area contributed by atoms with Crippen molar-refractivity contribution in [3.8, 4) is 0 Å². The number of nitrogens with one attached hydrogen (secondary N) is 1. The summed E-state index contributed by atoms with van der Waals surface area (Å²) >= 11 is 3.28. The lowest BCUT2D eigenvalue weighted by Crippen LogP contribution is -2.27. The second kappa shape index (κ2) is 8.60. The molecule has 0 aromatic heterocycles. The van der Waals surface area contributed by atoms with Crippen LogP contribution in [0.15, 0.2) is 22.7 Å². The van der Waals surface area contributed by atoms with E-state index < -0.39 is 6.10 Å². The van der Waals surface area contributed by atoms with Crippen LogP contribution < -0.4 is 5.32 Å². The minimum absolute atomic E-state index is 0.118. The quantitative estimate of drug-likeness (QED) is 0.751. The van der Waals surface area contributed by atoms with E-state index in [-0.39, 0.29) is 25.1 Å². The zero-order valence-corrected chi connectivity index (χ0v) is 13.8. The summed E-state index contributed by atoms with van der Waals surface area (Å²) in [6, 6.07) is 4.65. The first kappa shape index (κ1) is 17.4. The van der Waals surface area contributed by atoms with Crippen LogP contribution in [0.3, 0.4) is 0 Å². The molecule has 0 fully saturated rings. The van der Waals surface area contributed by atoms with Gasteiger partial charge in [0.15, 0.2) is 0 Å². The fourth-order valence-corrected chi connectivity index (χ4v) is 2.29. The van der Waals surface area contributed by atoms with Gasteiger partial charge in [0.25, 0.3) is 0 Å². The molecule has 2 atom stereocenters. The first-order valence-electron chi connectivity index (χ1n) is 6.87. The van der Waals surface area contributed by atoms with Crippen LogP contribution in [0.1, 0.15) is 27.2 Å². The number of benzene rings is 1. The summed E-state index contributed by atoms with van der Waals surface area (Å²) in [5, 5.41) is 12.7. The lowest BCUT2D eigenvalue weighted by Gasteiger charge is -2.18. The van der Waals surface area contributed by atoms with Crippen molar-refractivity contribution in [1.82, 2.24) is 0 Å². The standard InChI is InChI=1S/C15H23BrFNO2/c1-10(2)6-11(3)20-9-13(19)8-18-15-7-12(16)4-5-14(15)17/h4-5,7,10-11,13,18-19H,6,8-9H2,1-3H3. The minimum Gasteiger partial charge on any atom is -0.389 e. The first-order valence-corrected chi connectivity index (χ1v) is 7.66. The van der Waals surface area contributed by atoms with Crippen LogP contribution in [0.5, 0.6) is 0 Å². The maximum absolute atomic E-state index is 13.5. The van der Waals surface area contributed by atoms with Crippen LogP contribution in [0, 0.1) is 11.7 Å². The Morgan fingerprint density at radius 2 is 2.05 bits per heavy atom. The third-order valence-electron chi connectivity index (χ3n) is 2.83. The molecule has 2 N–H and O–H groups in total. The van der Waals surface area contributed by atoms with E-state index in [0.717, 1.165) is 10.9 Å². The van der Waals surface area contributed by atoms with E-state index in [9.17, 15) is 9.50 Å². The predicted molar refractivity (Wildman–Crippen MR) is 83.5 cm³/mol. The van der Waals surface area contributed by atoms with Crippen molar-refractivity contribution in [3.63, 3.8) is 0 Å². The van der Waals surface area contributed by atoms with E-state index in [1.165, 1.54) is 6.07 Å².